The molecule has 4 rings (SSSR count). The van der Waals surface area contributed by atoms with Gasteiger partial charge in [-0.05, 0) is 42.5 Å². The van der Waals surface area contributed by atoms with Crippen LogP contribution in [0.4, 0.5) is 0 Å². The predicted octanol–water partition coefficient (Wildman–Crippen LogP) is 4.96. The molecule has 1 heterocycles. The van der Waals surface area contributed by atoms with Crippen molar-refractivity contribution in [3.8, 4) is 22.7 Å². The Hall–Kier alpha value is -3.62. The monoisotopic (exact) mass is 489 g/mol. The first-order valence-electron chi connectivity index (χ1n) is 11.2. The highest BCUT2D eigenvalue weighted by Crippen LogP contribution is 2.35. The molecular weight excluding hydrogens is 460 g/mol. The molecule has 0 aliphatic heterocycles. The number of hydrogen-bond donors (Lipinski definition) is 0. The van der Waals surface area contributed by atoms with Gasteiger partial charge in [-0.25, -0.2) is 9.48 Å². The summed E-state index contributed by atoms with van der Waals surface area (Å²) >= 11 is 1.61. The van der Waals surface area contributed by atoms with Gasteiger partial charge in [0, 0.05) is 15.4 Å². The number of quaternary nitrogens is 1. The van der Waals surface area contributed by atoms with Gasteiger partial charge in [0.1, 0.15) is 30.3 Å². The van der Waals surface area contributed by atoms with E-state index in [2.05, 4.69) is 37.5 Å². The molecule has 3 aromatic carbocycles. The molecule has 7 nitrogen and oxygen atoms in total. The number of para-hydroxylation sites is 2. The van der Waals surface area contributed by atoms with E-state index < -0.39 is 0 Å². The van der Waals surface area contributed by atoms with E-state index in [-0.39, 0.29) is 5.97 Å². The first kappa shape index (κ1) is 24.5. The van der Waals surface area contributed by atoms with Crippen LogP contribution < -0.4 is 4.74 Å². The maximum Gasteiger partial charge on any atom is 0.338 e. The Bertz CT molecular complexity index is 1300. The quantitative estimate of drug-likeness (QED) is 0.245. The van der Waals surface area contributed by atoms with Crippen LogP contribution in [-0.2, 0) is 4.74 Å². The van der Waals surface area contributed by atoms with Gasteiger partial charge >= 0.3 is 5.97 Å². The molecule has 0 bridgehead atoms. The summed E-state index contributed by atoms with van der Waals surface area (Å²) < 4.78 is 13.3. The first-order valence-corrected chi connectivity index (χ1v) is 12.1. The summed E-state index contributed by atoms with van der Waals surface area (Å²) in [5, 5.41) is 8.72. The van der Waals surface area contributed by atoms with Crippen molar-refractivity contribution in [2.45, 2.75) is 9.79 Å². The fraction of sp³-hybridized carbons (Fsp3) is 0.222. The Morgan fingerprint density at radius 3 is 2.43 bits per heavy atom. The van der Waals surface area contributed by atoms with Gasteiger partial charge in [0.25, 0.3) is 0 Å². The SMILES string of the molecule is COc1ccccc1-n1cc(-c2ccccc2Sc2ccc(C(=O)OCC[N+](C)(C)C)cc2)nn1. The number of aromatic nitrogens is 3. The molecule has 0 saturated heterocycles. The maximum absolute atomic E-state index is 12.3. The highest BCUT2D eigenvalue weighted by molar-refractivity contribution is 7.99. The molecule has 0 saturated carbocycles. The van der Waals surface area contributed by atoms with Gasteiger partial charge in [0.15, 0.2) is 0 Å². The minimum atomic E-state index is -0.302. The number of esters is 1. The Labute approximate surface area is 209 Å². The number of methoxy groups -OCH3 is 1. The van der Waals surface area contributed by atoms with E-state index in [4.69, 9.17) is 9.47 Å². The van der Waals surface area contributed by atoms with Gasteiger partial charge in [-0.1, -0.05) is 47.3 Å². The van der Waals surface area contributed by atoms with Gasteiger partial charge < -0.3 is 14.0 Å². The second-order valence-corrected chi connectivity index (χ2v) is 10.1. The van der Waals surface area contributed by atoms with Crippen LogP contribution in [0.25, 0.3) is 16.9 Å². The minimum Gasteiger partial charge on any atom is -0.494 e. The van der Waals surface area contributed by atoms with E-state index in [1.165, 1.54) is 0 Å². The molecule has 8 heteroatoms. The maximum atomic E-state index is 12.3. The lowest BCUT2D eigenvalue weighted by atomic mass is 10.2. The number of rotatable bonds is 9. The van der Waals surface area contributed by atoms with E-state index in [0.717, 1.165) is 43.5 Å². The molecule has 0 N–H and O–H groups in total. The van der Waals surface area contributed by atoms with Gasteiger partial charge in [-0.3, -0.25) is 0 Å². The van der Waals surface area contributed by atoms with E-state index >= 15 is 0 Å². The van der Waals surface area contributed by atoms with Crippen LogP contribution in [-0.4, -0.2) is 66.9 Å². The summed E-state index contributed by atoms with van der Waals surface area (Å²) in [7, 11) is 7.84. The highest BCUT2D eigenvalue weighted by Gasteiger charge is 2.14. The van der Waals surface area contributed by atoms with Crippen LogP contribution in [0.15, 0.2) is 88.8 Å². The van der Waals surface area contributed by atoms with Crippen molar-refractivity contribution < 1.29 is 18.8 Å². The fourth-order valence-electron chi connectivity index (χ4n) is 3.37. The standard InChI is InChI=1S/C27H29N4O3S/c1-31(2,3)17-18-34-27(32)20-13-15-21(16-14-20)35-26-12-8-5-9-22(26)23-19-30(29-28-23)24-10-6-7-11-25(24)33-4/h5-16,19H,17-18H2,1-4H3/q+1. The van der Waals surface area contributed by atoms with E-state index in [9.17, 15) is 4.79 Å². The number of nitrogens with zero attached hydrogens (tertiary/aromatic N) is 4. The summed E-state index contributed by atoms with van der Waals surface area (Å²) in [6, 6.07) is 23.2. The molecule has 180 valence electrons. The molecule has 0 radical (unpaired) electrons. The van der Waals surface area contributed by atoms with Crippen molar-refractivity contribution in [2.24, 2.45) is 0 Å². The number of benzene rings is 3. The molecule has 4 aromatic rings. The topological polar surface area (TPSA) is 66.2 Å². The average molecular weight is 490 g/mol. The minimum absolute atomic E-state index is 0.302. The van der Waals surface area contributed by atoms with E-state index in [0.29, 0.717) is 12.2 Å². The summed E-state index contributed by atoms with van der Waals surface area (Å²) in [5.41, 5.74) is 3.10. The third-order valence-electron chi connectivity index (χ3n) is 5.30. The van der Waals surface area contributed by atoms with Crippen molar-refractivity contribution >= 4 is 17.7 Å². The van der Waals surface area contributed by atoms with E-state index in [1.807, 2.05) is 60.8 Å². The Kier molecular flexibility index (Phi) is 7.53. The number of ether oxygens (including phenoxy) is 2. The molecule has 0 spiro atoms. The first-order chi connectivity index (χ1) is 16.8. The van der Waals surface area contributed by atoms with Crippen molar-refractivity contribution in [1.82, 2.24) is 15.0 Å². The summed E-state index contributed by atoms with van der Waals surface area (Å²) in [6.45, 7) is 1.15. The third-order valence-corrected chi connectivity index (χ3v) is 6.39. The zero-order valence-electron chi connectivity index (χ0n) is 20.3. The van der Waals surface area contributed by atoms with Crippen LogP contribution >= 0.6 is 11.8 Å². The normalized spacial score (nSPS) is 11.3. The number of carbonyl (C=O) groups excluding carboxylic acids is 1. The molecule has 1 aromatic heterocycles. The summed E-state index contributed by atoms with van der Waals surface area (Å²) in [5.74, 6) is 0.422. The summed E-state index contributed by atoms with van der Waals surface area (Å²) in [6.07, 6.45) is 1.90. The lowest BCUT2D eigenvalue weighted by molar-refractivity contribution is -0.870. The van der Waals surface area contributed by atoms with E-state index in [1.54, 1.807) is 35.7 Å². The van der Waals surface area contributed by atoms with Crippen molar-refractivity contribution in [2.75, 3.05) is 41.4 Å². The van der Waals surface area contributed by atoms with Crippen LogP contribution in [0.5, 0.6) is 5.75 Å². The predicted molar refractivity (Wildman–Crippen MR) is 137 cm³/mol. The third kappa shape index (κ3) is 6.29. The zero-order chi connectivity index (χ0) is 24.8. The smallest absolute Gasteiger partial charge is 0.338 e. The van der Waals surface area contributed by atoms with Gasteiger partial charge in [0.05, 0.1) is 40.0 Å². The lowest BCUT2D eigenvalue weighted by Crippen LogP contribution is -2.38. The zero-order valence-corrected chi connectivity index (χ0v) is 21.2. The molecule has 0 aliphatic rings. The molecule has 35 heavy (non-hydrogen) atoms. The molecular formula is C27H29N4O3S+. The number of likely N-dealkylation sites (N-methyl/N-ethyl adjacent to an activating group) is 1. The van der Waals surface area contributed by atoms with Gasteiger partial charge in [-0.2, -0.15) is 0 Å². The van der Waals surface area contributed by atoms with Crippen LogP contribution in [0.3, 0.4) is 0 Å². The Morgan fingerprint density at radius 2 is 1.69 bits per heavy atom. The largest absolute Gasteiger partial charge is 0.494 e. The van der Waals surface area contributed by atoms with Crippen molar-refractivity contribution in [3.05, 3.63) is 84.6 Å². The second-order valence-electron chi connectivity index (χ2n) is 8.99. The highest BCUT2D eigenvalue weighted by atomic mass is 32.2. The number of hydrogen-bond acceptors (Lipinski definition) is 6. The lowest BCUT2D eigenvalue weighted by Gasteiger charge is -2.23. The molecule has 0 amide bonds. The van der Waals surface area contributed by atoms with Crippen LogP contribution in [0, 0.1) is 0 Å². The van der Waals surface area contributed by atoms with Crippen LogP contribution in [0.2, 0.25) is 0 Å². The molecule has 0 fully saturated rings. The summed E-state index contributed by atoms with van der Waals surface area (Å²) in [4.78, 5) is 14.4. The second kappa shape index (κ2) is 10.8. The number of carbonyl (C=O) groups is 1. The Morgan fingerprint density at radius 1 is 0.971 bits per heavy atom. The molecule has 0 unspecified atom stereocenters. The van der Waals surface area contributed by atoms with Gasteiger partial charge in [0.2, 0.25) is 0 Å². The van der Waals surface area contributed by atoms with Crippen molar-refractivity contribution in [3.63, 3.8) is 0 Å². The molecule has 0 atom stereocenters. The van der Waals surface area contributed by atoms with Crippen LogP contribution in [0.1, 0.15) is 10.4 Å². The Balaban J connectivity index is 1.49. The molecule has 0 aliphatic carbocycles. The average Bonchev–Trinajstić information content (AvgIpc) is 3.34. The fourth-order valence-corrected chi connectivity index (χ4v) is 4.33. The van der Waals surface area contributed by atoms with Crippen molar-refractivity contribution in [1.29, 1.82) is 0 Å². The van der Waals surface area contributed by atoms with Gasteiger partial charge in [-0.15, -0.1) is 5.10 Å².